The predicted molar refractivity (Wildman–Crippen MR) is 120 cm³/mol. The van der Waals surface area contributed by atoms with Gasteiger partial charge in [0.25, 0.3) is 5.91 Å². The Hall–Kier alpha value is -4.12. The Morgan fingerprint density at radius 2 is 1.80 bits per heavy atom. The van der Waals surface area contributed by atoms with Gasteiger partial charge in [-0.3, -0.25) is 9.78 Å². The van der Waals surface area contributed by atoms with Gasteiger partial charge in [0.1, 0.15) is 5.75 Å². The number of anilines is 1. The van der Waals surface area contributed by atoms with E-state index in [1.54, 1.807) is 13.3 Å². The van der Waals surface area contributed by atoms with Crippen molar-refractivity contribution in [2.45, 2.75) is 0 Å². The van der Waals surface area contributed by atoms with Crippen LogP contribution in [0.25, 0.3) is 27.5 Å². The van der Waals surface area contributed by atoms with Crippen molar-refractivity contribution in [2.75, 3.05) is 12.4 Å². The van der Waals surface area contributed by atoms with Crippen LogP contribution < -0.4 is 10.1 Å². The number of fused-ring (bicyclic) bond motifs is 2. The topological polar surface area (TPSA) is 56.1 Å². The van der Waals surface area contributed by atoms with Crippen LogP contribution in [-0.2, 0) is 0 Å². The Kier molecular flexibility index (Phi) is 4.41. The Labute approximate surface area is 173 Å². The van der Waals surface area contributed by atoms with Crippen molar-refractivity contribution in [1.82, 2.24) is 9.55 Å². The molecule has 146 valence electrons. The number of hydrogen-bond acceptors (Lipinski definition) is 3. The first-order valence-electron chi connectivity index (χ1n) is 9.64. The molecule has 0 atom stereocenters. The number of methoxy groups -OCH3 is 1. The molecule has 1 N–H and O–H groups in total. The van der Waals surface area contributed by atoms with E-state index < -0.39 is 0 Å². The maximum absolute atomic E-state index is 13.2. The van der Waals surface area contributed by atoms with Gasteiger partial charge in [0.15, 0.2) is 0 Å². The number of amides is 1. The van der Waals surface area contributed by atoms with Crippen molar-refractivity contribution in [3.63, 3.8) is 0 Å². The molecule has 0 spiro atoms. The average molecular weight is 393 g/mol. The summed E-state index contributed by atoms with van der Waals surface area (Å²) in [5, 5.41) is 5.06. The molecule has 0 saturated heterocycles. The van der Waals surface area contributed by atoms with Crippen LogP contribution in [-0.4, -0.2) is 22.6 Å². The van der Waals surface area contributed by atoms with Crippen molar-refractivity contribution in [3.8, 4) is 11.4 Å². The lowest BCUT2D eigenvalue weighted by Crippen LogP contribution is -2.15. The Bertz CT molecular complexity index is 1380. The quantitative estimate of drug-likeness (QED) is 0.442. The molecule has 0 saturated carbocycles. The molecule has 2 aromatic heterocycles. The maximum atomic E-state index is 13.2. The van der Waals surface area contributed by atoms with Crippen molar-refractivity contribution >= 4 is 33.4 Å². The van der Waals surface area contributed by atoms with E-state index in [1.165, 1.54) is 0 Å². The second-order valence-corrected chi connectivity index (χ2v) is 6.96. The highest BCUT2D eigenvalue weighted by molar-refractivity contribution is 6.10. The van der Waals surface area contributed by atoms with E-state index in [4.69, 9.17) is 4.74 Å². The summed E-state index contributed by atoms with van der Waals surface area (Å²) < 4.78 is 7.34. The van der Waals surface area contributed by atoms with Gasteiger partial charge in [-0.1, -0.05) is 30.3 Å². The molecule has 1 amide bonds. The standard InChI is InChI=1S/C25H19N3O2/c1-30-19-11-12-22-18(16-19)13-15-28(22)23-10-3-2-8-20(23)25(29)27-21-9-4-6-17-7-5-14-26-24(17)21/h2-16H,1H3,(H,27,29). The lowest BCUT2D eigenvalue weighted by atomic mass is 10.1. The van der Waals surface area contributed by atoms with Crippen LogP contribution in [0.4, 0.5) is 5.69 Å². The molecule has 0 fully saturated rings. The van der Waals surface area contributed by atoms with Crippen LogP contribution in [0, 0.1) is 0 Å². The number of pyridine rings is 1. The number of aromatic nitrogens is 2. The SMILES string of the molecule is COc1ccc2c(ccn2-c2ccccc2C(=O)Nc2cccc3cccnc23)c1. The number of nitrogens with one attached hydrogen (secondary N) is 1. The molecule has 5 rings (SSSR count). The first-order valence-corrected chi connectivity index (χ1v) is 9.64. The van der Waals surface area contributed by atoms with Gasteiger partial charge in [-0.25, -0.2) is 0 Å². The van der Waals surface area contributed by atoms with Crippen LogP contribution in [0.1, 0.15) is 10.4 Å². The van der Waals surface area contributed by atoms with Gasteiger partial charge in [0.2, 0.25) is 0 Å². The van der Waals surface area contributed by atoms with E-state index in [0.29, 0.717) is 11.3 Å². The molecular weight excluding hydrogens is 374 g/mol. The number of hydrogen-bond donors (Lipinski definition) is 1. The third kappa shape index (κ3) is 3.06. The minimum atomic E-state index is -0.181. The molecular formula is C25H19N3O2. The molecule has 2 heterocycles. The summed E-state index contributed by atoms with van der Waals surface area (Å²) in [6.07, 6.45) is 3.70. The fraction of sp³-hybridized carbons (Fsp3) is 0.0400. The molecule has 0 bridgehead atoms. The Balaban J connectivity index is 1.56. The van der Waals surface area contributed by atoms with Crippen LogP contribution in [0.5, 0.6) is 5.75 Å². The third-order valence-corrected chi connectivity index (χ3v) is 5.19. The first kappa shape index (κ1) is 17.9. The lowest BCUT2D eigenvalue weighted by Gasteiger charge is -2.13. The van der Waals surface area contributed by atoms with Crippen molar-refractivity contribution < 1.29 is 9.53 Å². The summed E-state index contributed by atoms with van der Waals surface area (Å²) >= 11 is 0. The predicted octanol–water partition coefficient (Wildman–Crippen LogP) is 5.44. The summed E-state index contributed by atoms with van der Waals surface area (Å²) in [4.78, 5) is 17.7. The van der Waals surface area contributed by atoms with Crippen molar-refractivity contribution in [2.24, 2.45) is 0 Å². The smallest absolute Gasteiger partial charge is 0.257 e. The molecule has 3 aromatic carbocycles. The minimum Gasteiger partial charge on any atom is -0.497 e. The number of rotatable bonds is 4. The molecule has 0 aliphatic carbocycles. The molecule has 30 heavy (non-hydrogen) atoms. The summed E-state index contributed by atoms with van der Waals surface area (Å²) in [5.74, 6) is 0.619. The van der Waals surface area contributed by atoms with E-state index in [9.17, 15) is 4.79 Å². The number of ether oxygens (including phenoxy) is 1. The van der Waals surface area contributed by atoms with Crippen molar-refractivity contribution in [1.29, 1.82) is 0 Å². The molecule has 5 aromatic rings. The van der Waals surface area contributed by atoms with Gasteiger partial charge in [0, 0.05) is 23.2 Å². The molecule has 5 heteroatoms. The fourth-order valence-corrected chi connectivity index (χ4v) is 3.73. The molecule has 0 aliphatic rings. The fourth-order valence-electron chi connectivity index (χ4n) is 3.73. The highest BCUT2D eigenvalue weighted by Gasteiger charge is 2.15. The summed E-state index contributed by atoms with van der Waals surface area (Å²) in [5.41, 5.74) is 3.85. The monoisotopic (exact) mass is 393 g/mol. The van der Waals surface area contributed by atoms with E-state index in [-0.39, 0.29) is 5.91 Å². The highest BCUT2D eigenvalue weighted by atomic mass is 16.5. The minimum absolute atomic E-state index is 0.181. The number of benzene rings is 3. The molecule has 5 nitrogen and oxygen atoms in total. The number of para-hydroxylation sites is 2. The van der Waals surface area contributed by atoms with Gasteiger partial charge >= 0.3 is 0 Å². The summed E-state index contributed by atoms with van der Waals surface area (Å²) in [7, 11) is 1.65. The molecule has 0 aliphatic heterocycles. The highest BCUT2D eigenvalue weighted by Crippen LogP contribution is 2.27. The van der Waals surface area contributed by atoms with E-state index >= 15 is 0 Å². The molecule has 0 unspecified atom stereocenters. The maximum Gasteiger partial charge on any atom is 0.257 e. The van der Waals surface area contributed by atoms with Gasteiger partial charge in [-0.05, 0) is 48.5 Å². The third-order valence-electron chi connectivity index (χ3n) is 5.19. The number of nitrogens with zero attached hydrogens (tertiary/aromatic N) is 2. The zero-order valence-corrected chi connectivity index (χ0v) is 16.4. The van der Waals surface area contributed by atoms with Crippen LogP contribution in [0.15, 0.2) is 91.3 Å². The van der Waals surface area contributed by atoms with Crippen LogP contribution in [0.3, 0.4) is 0 Å². The second-order valence-electron chi connectivity index (χ2n) is 6.96. The Morgan fingerprint density at radius 1 is 0.933 bits per heavy atom. The zero-order chi connectivity index (χ0) is 20.5. The van der Waals surface area contributed by atoms with E-state index in [0.717, 1.165) is 33.2 Å². The number of carbonyl (C=O) groups is 1. The zero-order valence-electron chi connectivity index (χ0n) is 16.4. The average Bonchev–Trinajstić information content (AvgIpc) is 3.22. The van der Waals surface area contributed by atoms with Crippen LogP contribution in [0.2, 0.25) is 0 Å². The molecule has 0 radical (unpaired) electrons. The van der Waals surface area contributed by atoms with Gasteiger partial charge in [-0.15, -0.1) is 0 Å². The number of carbonyl (C=O) groups excluding carboxylic acids is 1. The normalized spacial score (nSPS) is 11.0. The second kappa shape index (κ2) is 7.37. The lowest BCUT2D eigenvalue weighted by molar-refractivity contribution is 0.102. The van der Waals surface area contributed by atoms with E-state index in [2.05, 4.69) is 10.3 Å². The first-order chi connectivity index (χ1) is 14.7. The van der Waals surface area contributed by atoms with Gasteiger partial charge in [-0.2, -0.15) is 0 Å². The van der Waals surface area contributed by atoms with Gasteiger partial charge < -0.3 is 14.6 Å². The summed E-state index contributed by atoms with van der Waals surface area (Å²) in [6.45, 7) is 0. The Morgan fingerprint density at radius 3 is 2.70 bits per heavy atom. The van der Waals surface area contributed by atoms with Crippen molar-refractivity contribution in [3.05, 3.63) is 96.8 Å². The largest absolute Gasteiger partial charge is 0.497 e. The van der Waals surface area contributed by atoms with Crippen LogP contribution >= 0.6 is 0 Å². The van der Waals surface area contributed by atoms with E-state index in [1.807, 2.05) is 89.6 Å². The van der Waals surface area contributed by atoms with Gasteiger partial charge in [0.05, 0.1) is 35.1 Å². The summed E-state index contributed by atoms with van der Waals surface area (Å²) in [6, 6.07) is 25.1.